The van der Waals surface area contributed by atoms with Crippen LogP contribution in [0.4, 0.5) is 0 Å². The van der Waals surface area contributed by atoms with Gasteiger partial charge in [0.2, 0.25) is 0 Å². The maximum atomic E-state index is 6.10. The number of benzene rings is 1. The Morgan fingerprint density at radius 1 is 1.35 bits per heavy atom. The summed E-state index contributed by atoms with van der Waals surface area (Å²) in [4.78, 5) is 2.55. The SMILES string of the molecule is CCCN(CC1CC1)C(CN)c1coc2ccccc12. The molecule has 0 radical (unpaired) electrons. The molecule has 3 heteroatoms. The third-order valence-corrected chi connectivity index (χ3v) is 4.23. The normalized spacial score (nSPS) is 16.9. The summed E-state index contributed by atoms with van der Waals surface area (Å²) in [7, 11) is 0. The lowest BCUT2D eigenvalue weighted by molar-refractivity contribution is 0.193. The van der Waals surface area contributed by atoms with Gasteiger partial charge in [0.25, 0.3) is 0 Å². The van der Waals surface area contributed by atoms with Gasteiger partial charge in [-0.25, -0.2) is 0 Å². The molecular formula is C17H24N2O. The monoisotopic (exact) mass is 272 g/mol. The molecule has 20 heavy (non-hydrogen) atoms. The molecular weight excluding hydrogens is 248 g/mol. The van der Waals surface area contributed by atoms with Crippen LogP contribution in [0.2, 0.25) is 0 Å². The minimum absolute atomic E-state index is 0.277. The molecule has 1 aliphatic rings. The highest BCUT2D eigenvalue weighted by Crippen LogP contribution is 2.35. The van der Waals surface area contributed by atoms with Crippen molar-refractivity contribution in [2.75, 3.05) is 19.6 Å². The number of nitrogens with zero attached hydrogens (tertiary/aromatic N) is 1. The largest absolute Gasteiger partial charge is 0.464 e. The molecule has 108 valence electrons. The zero-order valence-corrected chi connectivity index (χ0v) is 12.2. The Labute approximate surface area is 120 Å². The molecule has 1 aromatic carbocycles. The second-order valence-corrected chi connectivity index (χ2v) is 5.88. The van der Waals surface area contributed by atoms with E-state index in [-0.39, 0.29) is 6.04 Å². The van der Waals surface area contributed by atoms with Gasteiger partial charge in [0.15, 0.2) is 0 Å². The summed E-state index contributed by atoms with van der Waals surface area (Å²) < 4.78 is 5.70. The first-order chi connectivity index (χ1) is 9.83. The van der Waals surface area contributed by atoms with Gasteiger partial charge in [-0.05, 0) is 37.8 Å². The van der Waals surface area contributed by atoms with Crippen LogP contribution in [0.25, 0.3) is 11.0 Å². The molecule has 1 heterocycles. The maximum Gasteiger partial charge on any atom is 0.134 e. The third kappa shape index (κ3) is 2.74. The van der Waals surface area contributed by atoms with Crippen molar-refractivity contribution in [1.29, 1.82) is 0 Å². The standard InChI is InChI=1S/C17H24N2O/c1-2-9-19(11-13-7-8-13)16(10-18)15-12-20-17-6-4-3-5-14(15)17/h3-6,12-13,16H,2,7-11,18H2,1H3. The summed E-state index contributed by atoms with van der Waals surface area (Å²) in [5.74, 6) is 0.883. The van der Waals surface area contributed by atoms with Crippen LogP contribution in [0.5, 0.6) is 0 Å². The van der Waals surface area contributed by atoms with Gasteiger partial charge in [-0.2, -0.15) is 0 Å². The summed E-state index contributed by atoms with van der Waals surface area (Å²) in [6, 6.07) is 8.52. The Bertz CT molecular complexity index is 559. The van der Waals surface area contributed by atoms with E-state index in [0.717, 1.165) is 18.0 Å². The molecule has 2 aromatic rings. The summed E-state index contributed by atoms with van der Waals surface area (Å²) in [5, 5.41) is 1.21. The van der Waals surface area contributed by atoms with E-state index >= 15 is 0 Å². The van der Waals surface area contributed by atoms with Crippen molar-refractivity contribution in [3.8, 4) is 0 Å². The smallest absolute Gasteiger partial charge is 0.134 e. The molecule has 0 aliphatic heterocycles. The van der Waals surface area contributed by atoms with E-state index in [4.69, 9.17) is 10.2 Å². The zero-order valence-electron chi connectivity index (χ0n) is 12.2. The van der Waals surface area contributed by atoms with Crippen LogP contribution in [0.1, 0.15) is 37.8 Å². The Morgan fingerprint density at radius 3 is 2.85 bits per heavy atom. The number of nitrogens with two attached hydrogens (primary N) is 1. The fourth-order valence-corrected chi connectivity index (χ4v) is 3.02. The average molecular weight is 272 g/mol. The second-order valence-electron chi connectivity index (χ2n) is 5.88. The highest BCUT2D eigenvalue weighted by atomic mass is 16.3. The van der Waals surface area contributed by atoms with E-state index in [1.165, 1.54) is 36.8 Å². The van der Waals surface area contributed by atoms with Crippen LogP contribution < -0.4 is 5.73 Å². The molecule has 2 N–H and O–H groups in total. The first kappa shape index (κ1) is 13.7. The highest BCUT2D eigenvalue weighted by molar-refractivity contribution is 5.81. The van der Waals surface area contributed by atoms with Crippen LogP contribution in [0.3, 0.4) is 0 Å². The fraction of sp³-hybridized carbons (Fsp3) is 0.529. The first-order valence-corrected chi connectivity index (χ1v) is 7.73. The van der Waals surface area contributed by atoms with Crippen molar-refractivity contribution in [2.45, 2.75) is 32.2 Å². The van der Waals surface area contributed by atoms with E-state index in [0.29, 0.717) is 6.54 Å². The van der Waals surface area contributed by atoms with Crippen LogP contribution in [-0.4, -0.2) is 24.5 Å². The Hall–Kier alpha value is -1.32. The lowest BCUT2D eigenvalue weighted by Gasteiger charge is -2.30. The molecule has 0 bridgehead atoms. The number of furan rings is 1. The van der Waals surface area contributed by atoms with E-state index < -0.39 is 0 Å². The van der Waals surface area contributed by atoms with Gasteiger partial charge in [-0.1, -0.05) is 25.1 Å². The third-order valence-electron chi connectivity index (χ3n) is 4.23. The minimum Gasteiger partial charge on any atom is -0.464 e. The maximum absolute atomic E-state index is 6.10. The average Bonchev–Trinajstić information content (AvgIpc) is 3.19. The minimum atomic E-state index is 0.277. The molecule has 3 rings (SSSR count). The molecule has 1 aromatic heterocycles. The second kappa shape index (κ2) is 5.98. The number of hydrogen-bond donors (Lipinski definition) is 1. The Balaban J connectivity index is 1.89. The van der Waals surface area contributed by atoms with Gasteiger partial charge in [-0.3, -0.25) is 4.90 Å². The summed E-state index contributed by atoms with van der Waals surface area (Å²) in [5.41, 5.74) is 8.31. The number of para-hydroxylation sites is 1. The Morgan fingerprint density at radius 2 is 2.15 bits per heavy atom. The molecule has 1 fully saturated rings. The van der Waals surface area contributed by atoms with Crippen molar-refractivity contribution in [1.82, 2.24) is 4.90 Å². The zero-order chi connectivity index (χ0) is 13.9. The van der Waals surface area contributed by atoms with E-state index in [1.54, 1.807) is 0 Å². The van der Waals surface area contributed by atoms with Crippen molar-refractivity contribution in [3.63, 3.8) is 0 Å². The van der Waals surface area contributed by atoms with Gasteiger partial charge < -0.3 is 10.2 Å². The van der Waals surface area contributed by atoms with Gasteiger partial charge in [-0.15, -0.1) is 0 Å². The van der Waals surface area contributed by atoms with Crippen molar-refractivity contribution in [3.05, 3.63) is 36.1 Å². The molecule has 1 saturated carbocycles. The number of fused-ring (bicyclic) bond motifs is 1. The quantitative estimate of drug-likeness (QED) is 0.838. The first-order valence-electron chi connectivity index (χ1n) is 7.73. The van der Waals surface area contributed by atoms with E-state index in [1.807, 2.05) is 18.4 Å². The Kier molecular flexibility index (Phi) is 4.08. The van der Waals surface area contributed by atoms with Crippen LogP contribution in [0, 0.1) is 5.92 Å². The molecule has 0 spiro atoms. The van der Waals surface area contributed by atoms with E-state index in [2.05, 4.69) is 24.0 Å². The van der Waals surface area contributed by atoms with Gasteiger partial charge >= 0.3 is 0 Å². The van der Waals surface area contributed by atoms with Crippen LogP contribution in [0.15, 0.2) is 34.9 Å². The topological polar surface area (TPSA) is 42.4 Å². The van der Waals surface area contributed by atoms with Gasteiger partial charge in [0.1, 0.15) is 5.58 Å². The summed E-state index contributed by atoms with van der Waals surface area (Å²) >= 11 is 0. The van der Waals surface area contributed by atoms with Gasteiger partial charge in [0, 0.05) is 24.0 Å². The van der Waals surface area contributed by atoms with Crippen molar-refractivity contribution >= 4 is 11.0 Å². The predicted molar refractivity (Wildman–Crippen MR) is 82.6 cm³/mol. The molecule has 1 unspecified atom stereocenters. The molecule has 1 aliphatic carbocycles. The summed E-state index contributed by atoms with van der Waals surface area (Å²) in [6.07, 6.45) is 5.82. The van der Waals surface area contributed by atoms with Crippen LogP contribution in [-0.2, 0) is 0 Å². The molecule has 1 atom stereocenters. The van der Waals surface area contributed by atoms with Crippen molar-refractivity contribution in [2.24, 2.45) is 11.7 Å². The molecule has 0 amide bonds. The lowest BCUT2D eigenvalue weighted by atomic mass is 10.0. The number of hydrogen-bond acceptors (Lipinski definition) is 3. The lowest BCUT2D eigenvalue weighted by Crippen LogP contribution is -2.35. The molecule has 0 saturated heterocycles. The predicted octanol–water partition coefficient (Wildman–Crippen LogP) is 3.55. The van der Waals surface area contributed by atoms with Crippen LogP contribution >= 0.6 is 0 Å². The van der Waals surface area contributed by atoms with Gasteiger partial charge in [0.05, 0.1) is 12.3 Å². The van der Waals surface area contributed by atoms with E-state index in [9.17, 15) is 0 Å². The number of rotatable bonds is 7. The summed E-state index contributed by atoms with van der Waals surface area (Å²) in [6.45, 7) is 5.17. The highest BCUT2D eigenvalue weighted by Gasteiger charge is 2.29. The molecule has 3 nitrogen and oxygen atoms in total. The van der Waals surface area contributed by atoms with Crippen molar-refractivity contribution < 1.29 is 4.42 Å². The fourth-order valence-electron chi connectivity index (χ4n) is 3.02.